The number of carbonyl (C=O) groups excluding carboxylic acids is 1. The summed E-state index contributed by atoms with van der Waals surface area (Å²) in [4.78, 5) is 21.8. The zero-order chi connectivity index (χ0) is 22.6. The van der Waals surface area contributed by atoms with E-state index in [9.17, 15) is 4.79 Å². The lowest BCUT2D eigenvalue weighted by molar-refractivity contribution is -0.919. The summed E-state index contributed by atoms with van der Waals surface area (Å²) >= 11 is 0. The Morgan fingerprint density at radius 3 is 2.67 bits per heavy atom. The van der Waals surface area contributed by atoms with Crippen LogP contribution >= 0.6 is 0 Å². The molecule has 1 saturated carbocycles. The van der Waals surface area contributed by atoms with Gasteiger partial charge in [-0.1, -0.05) is 0 Å². The van der Waals surface area contributed by atoms with Crippen LogP contribution in [0.2, 0.25) is 0 Å². The Balaban J connectivity index is 1.05. The van der Waals surface area contributed by atoms with Crippen molar-refractivity contribution in [2.24, 2.45) is 11.8 Å². The first-order valence-corrected chi connectivity index (χ1v) is 13.6. The molecule has 1 aliphatic carbocycles. The fraction of sp³-hybridized carbons (Fsp3) is 0.958. The maximum Gasteiger partial charge on any atom is 0.217 e. The van der Waals surface area contributed by atoms with Crippen LogP contribution in [0.25, 0.3) is 0 Å². The van der Waals surface area contributed by atoms with Crippen molar-refractivity contribution in [2.45, 2.75) is 88.9 Å². The van der Waals surface area contributed by atoms with Crippen LogP contribution in [0.5, 0.6) is 0 Å². The van der Waals surface area contributed by atoms with Crippen molar-refractivity contribution in [2.75, 3.05) is 45.9 Å². The van der Waals surface area contributed by atoms with E-state index in [0.717, 1.165) is 51.6 Å². The lowest BCUT2D eigenvalue weighted by Gasteiger charge is -2.37. The zero-order valence-corrected chi connectivity index (χ0v) is 20.4. The average Bonchev–Trinajstić information content (AvgIpc) is 3.50. The van der Waals surface area contributed by atoms with Gasteiger partial charge in [0.2, 0.25) is 5.91 Å². The van der Waals surface area contributed by atoms with Gasteiger partial charge in [-0.2, -0.15) is 5.48 Å². The predicted molar refractivity (Wildman–Crippen MR) is 124 cm³/mol. The molecule has 0 spiro atoms. The van der Waals surface area contributed by atoms with E-state index >= 15 is 0 Å². The highest BCUT2D eigenvalue weighted by Gasteiger charge is 2.44. The first-order chi connectivity index (χ1) is 16.2. The van der Waals surface area contributed by atoms with Crippen LogP contribution in [-0.4, -0.2) is 87.4 Å². The summed E-state index contributed by atoms with van der Waals surface area (Å²) in [6, 6.07) is 0.937. The third-order valence-electron chi connectivity index (χ3n) is 8.90. The molecule has 0 radical (unpaired) electrons. The van der Waals surface area contributed by atoms with E-state index in [0.29, 0.717) is 24.2 Å². The molecule has 5 fully saturated rings. The minimum atomic E-state index is 0.113. The summed E-state index contributed by atoms with van der Waals surface area (Å²) in [5, 5.41) is 9.49. The maximum atomic E-state index is 11.3. The number of nitrogens with two attached hydrogens (primary N) is 1. The van der Waals surface area contributed by atoms with Crippen molar-refractivity contribution in [1.29, 1.82) is 0 Å². The third-order valence-corrected chi connectivity index (χ3v) is 8.90. The molecule has 6 N–H and O–H groups in total. The molecule has 1 amide bonds. The van der Waals surface area contributed by atoms with E-state index < -0.39 is 0 Å². The number of carbonyl (C=O) groups is 1. The number of hydrogen-bond donors (Lipinski definition) is 5. The first kappa shape index (κ1) is 23.9. The molecule has 5 aliphatic rings. The number of likely N-dealkylation sites (tertiary alicyclic amines) is 1. The number of piperidine rings is 1. The topological polar surface area (TPSA) is 95.9 Å². The summed E-state index contributed by atoms with van der Waals surface area (Å²) < 4.78 is 5.52. The van der Waals surface area contributed by atoms with Crippen LogP contribution in [0.1, 0.15) is 58.3 Å². The standard InChI is InChI=1S/C24H44N6O3/c1-17(31)26-20-7-4-18(5-8-20)16-30-10-2-3-21(30)24-27-23(28-33-24)19-6-9-22(25-15-19)29-11-13-32-14-12-29/h18-25,27-28H,2-16H2,1H3,(H,26,31)/p+2/t18?,19?,20?,21-,22?,23?,24?/m0/s1. The Morgan fingerprint density at radius 1 is 1.12 bits per heavy atom. The van der Waals surface area contributed by atoms with Gasteiger partial charge in [0.15, 0.2) is 6.23 Å². The normalized spacial score (nSPS) is 42.9. The molecule has 0 aromatic heterocycles. The van der Waals surface area contributed by atoms with E-state index in [-0.39, 0.29) is 18.3 Å². The average molecular weight is 467 g/mol. The number of ether oxygens (including phenoxy) is 1. The monoisotopic (exact) mass is 466 g/mol. The predicted octanol–water partition coefficient (Wildman–Crippen LogP) is -1.86. The summed E-state index contributed by atoms with van der Waals surface area (Å²) in [6.07, 6.45) is 10.8. The van der Waals surface area contributed by atoms with E-state index in [1.165, 1.54) is 51.6 Å². The van der Waals surface area contributed by atoms with Gasteiger partial charge < -0.3 is 20.3 Å². The number of rotatable bonds is 6. The number of nitrogens with zero attached hydrogens (tertiary/aromatic N) is 1. The van der Waals surface area contributed by atoms with Gasteiger partial charge in [-0.25, -0.2) is 4.90 Å². The van der Waals surface area contributed by atoms with Crippen LogP contribution in [0.3, 0.4) is 0 Å². The Labute approximate surface area is 198 Å². The van der Waals surface area contributed by atoms with E-state index in [1.807, 2.05) is 0 Å². The summed E-state index contributed by atoms with van der Waals surface area (Å²) in [7, 11) is 0. The van der Waals surface area contributed by atoms with Crippen LogP contribution < -0.4 is 26.3 Å². The number of quaternary nitrogens is 2. The Kier molecular flexibility index (Phi) is 8.18. The minimum absolute atomic E-state index is 0.113. The largest absolute Gasteiger partial charge is 0.379 e. The second kappa shape index (κ2) is 11.3. The van der Waals surface area contributed by atoms with Crippen LogP contribution in [0.4, 0.5) is 0 Å². The van der Waals surface area contributed by atoms with Gasteiger partial charge in [-0.15, -0.1) is 0 Å². The maximum absolute atomic E-state index is 11.3. The van der Waals surface area contributed by atoms with E-state index in [1.54, 1.807) is 11.8 Å². The first-order valence-electron chi connectivity index (χ1n) is 13.6. The highest BCUT2D eigenvalue weighted by Crippen LogP contribution is 2.24. The molecule has 188 valence electrons. The Bertz CT molecular complexity index is 632. The molecule has 0 aromatic carbocycles. The molecule has 4 aliphatic heterocycles. The highest BCUT2D eigenvalue weighted by molar-refractivity contribution is 5.73. The Hall–Kier alpha value is -0.810. The number of morpholine rings is 1. The third kappa shape index (κ3) is 6.07. The molecule has 6 atom stereocenters. The molecule has 5 unspecified atom stereocenters. The molecule has 9 nitrogen and oxygen atoms in total. The van der Waals surface area contributed by atoms with Crippen molar-refractivity contribution in [3.8, 4) is 0 Å². The van der Waals surface area contributed by atoms with E-state index in [2.05, 4.69) is 26.3 Å². The fourth-order valence-electron chi connectivity index (χ4n) is 7.04. The van der Waals surface area contributed by atoms with Crippen LogP contribution in [0, 0.1) is 11.8 Å². The van der Waals surface area contributed by atoms with Gasteiger partial charge in [-0.05, 0) is 32.1 Å². The van der Waals surface area contributed by atoms with E-state index in [4.69, 9.17) is 9.57 Å². The molecular formula is C24H46N6O3+2. The molecule has 4 heterocycles. The smallest absolute Gasteiger partial charge is 0.217 e. The van der Waals surface area contributed by atoms with Gasteiger partial charge in [0.25, 0.3) is 0 Å². The molecule has 33 heavy (non-hydrogen) atoms. The van der Waals surface area contributed by atoms with Crippen molar-refractivity contribution in [3.63, 3.8) is 0 Å². The Morgan fingerprint density at radius 2 is 1.94 bits per heavy atom. The molecule has 0 aromatic rings. The van der Waals surface area contributed by atoms with Crippen molar-refractivity contribution in [3.05, 3.63) is 0 Å². The SMILES string of the molecule is CC(=O)NC1CCC(C[NH+]2CCC[C@H]2C2NC(C3CCC(N4CCOCC4)[NH2+]C3)NO2)CC1. The van der Waals surface area contributed by atoms with Gasteiger partial charge in [0.1, 0.15) is 12.2 Å². The molecule has 0 bridgehead atoms. The van der Waals surface area contributed by atoms with Crippen LogP contribution in [0.15, 0.2) is 0 Å². The van der Waals surface area contributed by atoms with Crippen LogP contribution in [-0.2, 0) is 14.4 Å². The number of nitrogens with one attached hydrogen (secondary N) is 4. The van der Waals surface area contributed by atoms with Crippen molar-refractivity contribution >= 4 is 5.91 Å². The van der Waals surface area contributed by atoms with Crippen molar-refractivity contribution < 1.29 is 24.6 Å². The van der Waals surface area contributed by atoms with Gasteiger partial charge in [-0.3, -0.25) is 14.9 Å². The quantitative estimate of drug-likeness (QED) is 0.315. The van der Waals surface area contributed by atoms with Gasteiger partial charge >= 0.3 is 0 Å². The second-order valence-corrected chi connectivity index (χ2v) is 11.1. The summed E-state index contributed by atoms with van der Waals surface area (Å²) in [6.45, 7) is 9.22. The summed E-state index contributed by atoms with van der Waals surface area (Å²) in [5.74, 6) is 1.50. The fourth-order valence-corrected chi connectivity index (χ4v) is 7.04. The lowest BCUT2D eigenvalue weighted by Crippen LogP contribution is -3.15. The van der Waals surface area contributed by atoms with Gasteiger partial charge in [0, 0.05) is 57.2 Å². The van der Waals surface area contributed by atoms with Gasteiger partial charge in [0.05, 0.1) is 39.0 Å². The summed E-state index contributed by atoms with van der Waals surface area (Å²) in [5.41, 5.74) is 3.38. The molecule has 4 saturated heterocycles. The van der Waals surface area contributed by atoms with Crippen molar-refractivity contribution in [1.82, 2.24) is 21.0 Å². The minimum Gasteiger partial charge on any atom is -0.379 e. The lowest BCUT2D eigenvalue weighted by atomic mass is 9.85. The molecule has 5 rings (SSSR count). The number of amides is 1. The second-order valence-electron chi connectivity index (χ2n) is 11.1. The highest BCUT2D eigenvalue weighted by atomic mass is 16.7. The number of hydroxylamine groups is 1. The zero-order valence-electron chi connectivity index (χ0n) is 20.4. The molecular weight excluding hydrogens is 420 g/mol. The number of hydrogen-bond acceptors (Lipinski definition) is 6. The molecule has 9 heteroatoms.